The number of guanidine groups is 1. The SMILES string of the molecule is CCCCCCNC(=NC)NCC1(SC)CCOCC1. The second-order valence-electron chi connectivity index (χ2n) is 5.41. The Hall–Kier alpha value is -0.420. The summed E-state index contributed by atoms with van der Waals surface area (Å²) in [5.74, 6) is 0.932. The Kier molecular flexibility index (Phi) is 9.10. The second kappa shape index (κ2) is 10.3. The van der Waals surface area contributed by atoms with Gasteiger partial charge in [0.15, 0.2) is 5.96 Å². The molecule has 4 nitrogen and oxygen atoms in total. The normalized spacial score (nSPS) is 18.9. The van der Waals surface area contributed by atoms with Crippen LogP contribution in [0.4, 0.5) is 0 Å². The molecule has 1 rings (SSSR count). The van der Waals surface area contributed by atoms with Gasteiger partial charge in [-0.3, -0.25) is 4.99 Å². The van der Waals surface area contributed by atoms with Crippen molar-refractivity contribution in [3.8, 4) is 0 Å². The maximum absolute atomic E-state index is 5.48. The van der Waals surface area contributed by atoms with Gasteiger partial charge in [-0.15, -0.1) is 0 Å². The van der Waals surface area contributed by atoms with E-state index in [1.807, 2.05) is 18.8 Å². The van der Waals surface area contributed by atoms with Crippen LogP contribution < -0.4 is 10.6 Å². The molecule has 1 heterocycles. The fraction of sp³-hybridized carbons (Fsp3) is 0.933. The van der Waals surface area contributed by atoms with Gasteiger partial charge in [0, 0.05) is 38.1 Å². The first-order valence-electron chi connectivity index (χ1n) is 7.84. The summed E-state index contributed by atoms with van der Waals surface area (Å²) in [5.41, 5.74) is 0. The van der Waals surface area contributed by atoms with Crippen molar-refractivity contribution in [2.45, 2.75) is 50.2 Å². The van der Waals surface area contributed by atoms with Gasteiger partial charge in [0.05, 0.1) is 0 Å². The van der Waals surface area contributed by atoms with E-state index in [0.717, 1.165) is 45.1 Å². The second-order valence-corrected chi connectivity index (χ2v) is 6.69. The summed E-state index contributed by atoms with van der Waals surface area (Å²) in [7, 11) is 1.84. The Morgan fingerprint density at radius 1 is 1.20 bits per heavy atom. The monoisotopic (exact) mass is 301 g/mol. The van der Waals surface area contributed by atoms with Crippen molar-refractivity contribution in [3.05, 3.63) is 0 Å². The standard InChI is InChI=1S/C15H31N3OS/c1-4-5-6-7-10-17-14(16-2)18-13-15(20-3)8-11-19-12-9-15/h4-13H2,1-3H3,(H2,16,17,18). The molecule has 5 heteroatoms. The minimum absolute atomic E-state index is 0.304. The Balaban J connectivity index is 2.25. The molecule has 0 spiro atoms. The molecule has 0 amide bonds. The first-order chi connectivity index (χ1) is 9.76. The summed E-state index contributed by atoms with van der Waals surface area (Å²) < 4.78 is 5.78. The highest BCUT2D eigenvalue weighted by Gasteiger charge is 2.31. The molecule has 0 aromatic rings. The molecule has 20 heavy (non-hydrogen) atoms. The smallest absolute Gasteiger partial charge is 0.191 e. The van der Waals surface area contributed by atoms with E-state index in [0.29, 0.717) is 4.75 Å². The van der Waals surface area contributed by atoms with Gasteiger partial charge in [-0.05, 0) is 25.5 Å². The van der Waals surface area contributed by atoms with Gasteiger partial charge in [0.1, 0.15) is 0 Å². The Morgan fingerprint density at radius 2 is 1.95 bits per heavy atom. The molecule has 1 aliphatic heterocycles. The van der Waals surface area contributed by atoms with Gasteiger partial charge in [-0.2, -0.15) is 11.8 Å². The molecular weight excluding hydrogens is 270 g/mol. The molecule has 0 unspecified atom stereocenters. The van der Waals surface area contributed by atoms with E-state index < -0.39 is 0 Å². The van der Waals surface area contributed by atoms with E-state index in [9.17, 15) is 0 Å². The number of nitrogens with zero attached hydrogens (tertiary/aromatic N) is 1. The van der Waals surface area contributed by atoms with Crippen LogP contribution in [-0.4, -0.2) is 50.3 Å². The van der Waals surface area contributed by atoms with E-state index in [4.69, 9.17) is 4.74 Å². The first-order valence-corrected chi connectivity index (χ1v) is 9.06. The summed E-state index contributed by atoms with van der Waals surface area (Å²) in [6.07, 6.45) is 9.56. The first kappa shape index (κ1) is 17.6. The Morgan fingerprint density at radius 3 is 2.55 bits per heavy atom. The van der Waals surface area contributed by atoms with E-state index >= 15 is 0 Å². The van der Waals surface area contributed by atoms with Gasteiger partial charge < -0.3 is 15.4 Å². The summed E-state index contributed by atoms with van der Waals surface area (Å²) in [5, 5.41) is 6.89. The van der Waals surface area contributed by atoms with Crippen molar-refractivity contribution in [2.24, 2.45) is 4.99 Å². The maximum Gasteiger partial charge on any atom is 0.191 e. The van der Waals surface area contributed by atoms with Gasteiger partial charge in [0.2, 0.25) is 0 Å². The van der Waals surface area contributed by atoms with Crippen LogP contribution >= 0.6 is 11.8 Å². The summed E-state index contributed by atoms with van der Waals surface area (Å²) >= 11 is 1.96. The van der Waals surface area contributed by atoms with E-state index in [1.165, 1.54) is 25.7 Å². The fourth-order valence-electron chi connectivity index (χ4n) is 2.42. The average Bonchev–Trinajstić information content (AvgIpc) is 2.51. The lowest BCUT2D eigenvalue weighted by Crippen LogP contribution is -2.48. The number of hydrogen-bond acceptors (Lipinski definition) is 3. The number of thioether (sulfide) groups is 1. The molecule has 118 valence electrons. The van der Waals surface area contributed by atoms with Gasteiger partial charge in [-0.1, -0.05) is 26.2 Å². The highest BCUT2D eigenvalue weighted by molar-refractivity contribution is 8.00. The molecule has 0 aromatic carbocycles. The predicted octanol–water partition coefficient (Wildman–Crippen LogP) is 2.64. The number of rotatable bonds is 8. The molecule has 1 saturated heterocycles. The zero-order valence-electron chi connectivity index (χ0n) is 13.3. The number of hydrogen-bond donors (Lipinski definition) is 2. The number of ether oxygens (including phenoxy) is 1. The van der Waals surface area contributed by atoms with E-state index in [-0.39, 0.29) is 0 Å². The average molecular weight is 302 g/mol. The van der Waals surface area contributed by atoms with Crippen LogP contribution in [0.2, 0.25) is 0 Å². The van der Waals surface area contributed by atoms with Crippen LogP contribution in [0.25, 0.3) is 0 Å². The van der Waals surface area contributed by atoms with E-state index in [2.05, 4.69) is 28.8 Å². The molecule has 2 N–H and O–H groups in total. The quantitative estimate of drug-likeness (QED) is 0.411. The molecule has 0 aliphatic carbocycles. The summed E-state index contributed by atoms with van der Waals surface area (Å²) in [4.78, 5) is 4.31. The largest absolute Gasteiger partial charge is 0.381 e. The third-order valence-electron chi connectivity index (χ3n) is 3.96. The van der Waals surface area contributed by atoms with Crippen LogP contribution in [0.5, 0.6) is 0 Å². The van der Waals surface area contributed by atoms with Crippen molar-refractivity contribution in [1.82, 2.24) is 10.6 Å². The molecule has 0 atom stereocenters. The van der Waals surface area contributed by atoms with Crippen LogP contribution in [0.3, 0.4) is 0 Å². The molecule has 1 aliphatic rings. The van der Waals surface area contributed by atoms with Gasteiger partial charge in [0.25, 0.3) is 0 Å². The Bertz CT molecular complexity index is 278. The molecule has 0 saturated carbocycles. The molecular formula is C15H31N3OS. The molecule has 0 radical (unpaired) electrons. The highest BCUT2D eigenvalue weighted by Crippen LogP contribution is 2.32. The zero-order chi connectivity index (χ0) is 14.7. The predicted molar refractivity (Wildman–Crippen MR) is 89.8 cm³/mol. The molecule has 0 bridgehead atoms. The third kappa shape index (κ3) is 6.35. The Labute approximate surface area is 128 Å². The van der Waals surface area contributed by atoms with Crippen molar-refractivity contribution in [1.29, 1.82) is 0 Å². The van der Waals surface area contributed by atoms with Gasteiger partial charge >= 0.3 is 0 Å². The summed E-state index contributed by atoms with van der Waals surface area (Å²) in [6.45, 7) is 5.97. The number of unbranched alkanes of at least 4 members (excludes halogenated alkanes) is 3. The fourth-order valence-corrected chi connectivity index (χ4v) is 3.21. The van der Waals surface area contributed by atoms with Crippen LogP contribution in [-0.2, 0) is 4.74 Å². The van der Waals surface area contributed by atoms with E-state index in [1.54, 1.807) is 0 Å². The highest BCUT2D eigenvalue weighted by atomic mass is 32.2. The lowest BCUT2D eigenvalue weighted by atomic mass is 9.99. The van der Waals surface area contributed by atoms with Crippen molar-refractivity contribution in [2.75, 3.05) is 39.6 Å². The summed E-state index contributed by atoms with van der Waals surface area (Å²) in [6, 6.07) is 0. The minimum Gasteiger partial charge on any atom is -0.381 e. The zero-order valence-corrected chi connectivity index (χ0v) is 14.2. The van der Waals surface area contributed by atoms with Crippen molar-refractivity contribution in [3.63, 3.8) is 0 Å². The third-order valence-corrected chi connectivity index (χ3v) is 5.38. The minimum atomic E-state index is 0.304. The van der Waals surface area contributed by atoms with Crippen LogP contribution in [0, 0.1) is 0 Å². The van der Waals surface area contributed by atoms with Crippen molar-refractivity contribution >= 4 is 17.7 Å². The maximum atomic E-state index is 5.48. The van der Waals surface area contributed by atoms with Gasteiger partial charge in [-0.25, -0.2) is 0 Å². The molecule has 1 fully saturated rings. The van der Waals surface area contributed by atoms with Crippen LogP contribution in [0.15, 0.2) is 4.99 Å². The van der Waals surface area contributed by atoms with Crippen LogP contribution in [0.1, 0.15) is 45.4 Å². The lowest BCUT2D eigenvalue weighted by Gasteiger charge is -2.36. The number of aliphatic imine (C=N–C) groups is 1. The lowest BCUT2D eigenvalue weighted by molar-refractivity contribution is 0.0783. The molecule has 0 aromatic heterocycles. The topological polar surface area (TPSA) is 45.7 Å². The number of nitrogens with one attached hydrogen (secondary N) is 2. The van der Waals surface area contributed by atoms with Crippen molar-refractivity contribution < 1.29 is 4.74 Å².